The lowest BCUT2D eigenvalue weighted by Gasteiger charge is -2.36. The van der Waals surface area contributed by atoms with Gasteiger partial charge in [-0.25, -0.2) is 4.79 Å². The highest BCUT2D eigenvalue weighted by molar-refractivity contribution is 5.93. The number of carboxylic acid groups (broad SMARTS) is 1. The Hall–Kier alpha value is -1.62. The van der Waals surface area contributed by atoms with E-state index in [1.54, 1.807) is 0 Å². The van der Waals surface area contributed by atoms with E-state index in [4.69, 9.17) is 5.11 Å². The summed E-state index contributed by atoms with van der Waals surface area (Å²) in [4.78, 5) is 14.8. The van der Waals surface area contributed by atoms with Crippen LogP contribution < -0.4 is 5.32 Å². The molecule has 1 aliphatic rings. The number of aromatic carboxylic acids is 1. The molecule has 1 fully saturated rings. The van der Waals surface area contributed by atoms with Crippen molar-refractivity contribution in [1.82, 2.24) is 4.98 Å². The van der Waals surface area contributed by atoms with Gasteiger partial charge in [0.05, 0.1) is 23.0 Å². The van der Waals surface area contributed by atoms with Crippen LogP contribution in [0.3, 0.4) is 0 Å². The minimum Gasteiger partial charge on any atom is -0.478 e. The van der Waals surface area contributed by atoms with Crippen LogP contribution in [0, 0.1) is 0 Å². The number of anilines is 1. The number of rotatable bonds is 4. The lowest BCUT2D eigenvalue weighted by atomic mass is 9.80. The highest BCUT2D eigenvalue weighted by Crippen LogP contribution is 2.31. The van der Waals surface area contributed by atoms with Crippen LogP contribution >= 0.6 is 0 Å². The highest BCUT2D eigenvalue weighted by atomic mass is 16.4. The van der Waals surface area contributed by atoms with Crippen molar-refractivity contribution in [3.63, 3.8) is 0 Å². The molecular weight excluding hydrogens is 208 g/mol. The number of nitrogens with zero attached hydrogens (tertiary/aromatic N) is 1. The summed E-state index contributed by atoms with van der Waals surface area (Å²) in [5.41, 5.74) is -0.0423. The van der Waals surface area contributed by atoms with Gasteiger partial charge in [-0.1, -0.05) is 0 Å². The van der Waals surface area contributed by atoms with Gasteiger partial charge in [-0.3, -0.25) is 4.98 Å². The average Bonchev–Trinajstić information content (AvgIpc) is 2.24. The van der Waals surface area contributed by atoms with E-state index in [2.05, 4.69) is 10.3 Å². The van der Waals surface area contributed by atoms with Crippen LogP contribution in [0.1, 0.15) is 29.6 Å². The van der Waals surface area contributed by atoms with Crippen molar-refractivity contribution in [3.8, 4) is 0 Å². The predicted molar refractivity (Wildman–Crippen MR) is 58.5 cm³/mol. The lowest BCUT2D eigenvalue weighted by molar-refractivity contribution is -0.0202. The first kappa shape index (κ1) is 10.9. The average molecular weight is 222 g/mol. The van der Waals surface area contributed by atoms with Crippen molar-refractivity contribution in [2.24, 2.45) is 0 Å². The third-order valence-electron chi connectivity index (χ3n) is 2.94. The van der Waals surface area contributed by atoms with Crippen LogP contribution in [-0.2, 0) is 0 Å². The number of pyridine rings is 1. The summed E-state index contributed by atoms with van der Waals surface area (Å²) in [6.45, 7) is 0.374. The fraction of sp³-hybridized carbons (Fsp3) is 0.455. The van der Waals surface area contributed by atoms with Crippen LogP contribution in [0.5, 0.6) is 0 Å². The van der Waals surface area contributed by atoms with E-state index in [0.29, 0.717) is 12.2 Å². The number of aromatic nitrogens is 1. The van der Waals surface area contributed by atoms with Crippen LogP contribution in [0.15, 0.2) is 18.5 Å². The molecule has 1 heterocycles. The zero-order valence-electron chi connectivity index (χ0n) is 8.81. The van der Waals surface area contributed by atoms with Crippen LogP contribution in [0.4, 0.5) is 5.69 Å². The van der Waals surface area contributed by atoms with E-state index in [1.165, 1.54) is 18.5 Å². The summed E-state index contributed by atoms with van der Waals surface area (Å²) >= 11 is 0. The molecule has 0 radical (unpaired) electrons. The Balaban J connectivity index is 2.06. The van der Waals surface area contributed by atoms with Crippen molar-refractivity contribution in [3.05, 3.63) is 24.0 Å². The molecule has 0 saturated heterocycles. The standard InChI is InChI=1S/C11H14N2O3/c14-10(15)8-2-5-12-6-9(8)13-7-11(16)3-1-4-11/h2,5-6,13,16H,1,3-4,7H2,(H,14,15). The fourth-order valence-electron chi connectivity index (χ4n) is 1.74. The summed E-state index contributed by atoms with van der Waals surface area (Å²) in [6, 6.07) is 1.44. The minimum absolute atomic E-state index is 0.179. The topological polar surface area (TPSA) is 82.5 Å². The number of hydrogen-bond acceptors (Lipinski definition) is 4. The van der Waals surface area contributed by atoms with Gasteiger partial charge in [0.2, 0.25) is 0 Å². The van der Waals surface area contributed by atoms with Crippen molar-refractivity contribution >= 4 is 11.7 Å². The Morgan fingerprint density at radius 1 is 1.56 bits per heavy atom. The number of aliphatic hydroxyl groups is 1. The van der Waals surface area contributed by atoms with E-state index in [9.17, 15) is 9.90 Å². The van der Waals surface area contributed by atoms with Crippen molar-refractivity contribution < 1.29 is 15.0 Å². The molecule has 5 nitrogen and oxygen atoms in total. The maximum atomic E-state index is 10.9. The second kappa shape index (κ2) is 4.09. The van der Waals surface area contributed by atoms with Crippen molar-refractivity contribution in [1.29, 1.82) is 0 Å². The van der Waals surface area contributed by atoms with Gasteiger partial charge in [0.1, 0.15) is 0 Å². The molecule has 16 heavy (non-hydrogen) atoms. The van der Waals surface area contributed by atoms with Crippen LogP contribution in [0.25, 0.3) is 0 Å². The molecule has 0 atom stereocenters. The maximum absolute atomic E-state index is 10.9. The molecule has 0 bridgehead atoms. The zero-order valence-corrected chi connectivity index (χ0v) is 8.81. The lowest BCUT2D eigenvalue weighted by Crippen LogP contribution is -2.43. The first-order chi connectivity index (χ1) is 7.61. The zero-order chi connectivity index (χ0) is 11.6. The normalized spacial score (nSPS) is 17.6. The summed E-state index contributed by atoms with van der Waals surface area (Å²) in [5, 5.41) is 21.8. The van der Waals surface area contributed by atoms with E-state index >= 15 is 0 Å². The Bertz CT molecular complexity index is 402. The Morgan fingerprint density at radius 2 is 2.31 bits per heavy atom. The molecule has 1 aromatic heterocycles. The van der Waals surface area contributed by atoms with Gasteiger partial charge in [-0.2, -0.15) is 0 Å². The molecule has 3 N–H and O–H groups in total. The number of hydrogen-bond donors (Lipinski definition) is 3. The van der Waals surface area contributed by atoms with E-state index in [-0.39, 0.29) is 5.56 Å². The number of nitrogens with one attached hydrogen (secondary N) is 1. The summed E-state index contributed by atoms with van der Waals surface area (Å²) < 4.78 is 0. The molecule has 0 spiro atoms. The Morgan fingerprint density at radius 3 is 2.88 bits per heavy atom. The quantitative estimate of drug-likeness (QED) is 0.710. The third kappa shape index (κ3) is 2.14. The molecule has 0 unspecified atom stereocenters. The SMILES string of the molecule is O=C(O)c1ccncc1NCC1(O)CCC1. The molecule has 5 heteroatoms. The van der Waals surface area contributed by atoms with Gasteiger partial charge in [0.15, 0.2) is 0 Å². The Kier molecular flexibility index (Phi) is 2.78. The van der Waals surface area contributed by atoms with Gasteiger partial charge in [0, 0.05) is 12.7 Å². The molecular formula is C11H14N2O3. The second-order valence-electron chi connectivity index (χ2n) is 4.16. The minimum atomic E-state index is -0.995. The molecule has 86 valence electrons. The maximum Gasteiger partial charge on any atom is 0.337 e. The van der Waals surface area contributed by atoms with E-state index < -0.39 is 11.6 Å². The molecule has 1 aliphatic carbocycles. The smallest absolute Gasteiger partial charge is 0.337 e. The predicted octanol–water partition coefficient (Wildman–Crippen LogP) is 1.11. The fourth-order valence-corrected chi connectivity index (χ4v) is 1.74. The summed E-state index contributed by atoms with van der Waals surface area (Å²) in [6.07, 6.45) is 5.46. The van der Waals surface area contributed by atoms with E-state index in [1.807, 2.05) is 0 Å². The molecule has 1 aromatic rings. The monoisotopic (exact) mass is 222 g/mol. The molecule has 0 aliphatic heterocycles. The van der Waals surface area contributed by atoms with Gasteiger partial charge >= 0.3 is 5.97 Å². The first-order valence-electron chi connectivity index (χ1n) is 5.24. The highest BCUT2D eigenvalue weighted by Gasteiger charge is 2.34. The van der Waals surface area contributed by atoms with E-state index in [0.717, 1.165) is 19.3 Å². The summed E-state index contributed by atoms with van der Waals surface area (Å²) in [7, 11) is 0. The molecule has 2 rings (SSSR count). The number of carboxylic acids is 1. The molecule has 0 amide bonds. The van der Waals surface area contributed by atoms with Crippen molar-refractivity contribution in [2.45, 2.75) is 24.9 Å². The van der Waals surface area contributed by atoms with Gasteiger partial charge in [-0.15, -0.1) is 0 Å². The molecule has 0 aromatic carbocycles. The van der Waals surface area contributed by atoms with Crippen LogP contribution in [0.2, 0.25) is 0 Å². The van der Waals surface area contributed by atoms with Gasteiger partial charge < -0.3 is 15.5 Å². The number of carbonyl (C=O) groups is 1. The van der Waals surface area contributed by atoms with Gasteiger partial charge in [-0.05, 0) is 25.3 Å². The van der Waals surface area contributed by atoms with Gasteiger partial charge in [0.25, 0.3) is 0 Å². The molecule has 1 saturated carbocycles. The summed E-state index contributed by atoms with van der Waals surface area (Å²) in [5.74, 6) is -0.995. The van der Waals surface area contributed by atoms with Crippen molar-refractivity contribution in [2.75, 3.05) is 11.9 Å². The largest absolute Gasteiger partial charge is 0.478 e. The second-order valence-corrected chi connectivity index (χ2v) is 4.16. The van der Waals surface area contributed by atoms with Crippen LogP contribution in [-0.4, -0.2) is 33.3 Å². The first-order valence-corrected chi connectivity index (χ1v) is 5.24. The third-order valence-corrected chi connectivity index (χ3v) is 2.94. The Labute approximate surface area is 93.1 Å².